The van der Waals surface area contributed by atoms with Crippen LogP contribution in [-0.4, -0.2) is 16.1 Å². The lowest BCUT2D eigenvalue weighted by atomic mass is 10.2. The summed E-state index contributed by atoms with van der Waals surface area (Å²) in [7, 11) is 0. The van der Waals surface area contributed by atoms with Gasteiger partial charge in [0.15, 0.2) is 0 Å². The van der Waals surface area contributed by atoms with Crippen molar-refractivity contribution in [2.75, 3.05) is 5.32 Å². The Bertz CT molecular complexity index is 655. The van der Waals surface area contributed by atoms with Crippen LogP contribution in [0, 0.1) is 0 Å². The highest BCUT2D eigenvalue weighted by molar-refractivity contribution is 7.15. The van der Waals surface area contributed by atoms with Crippen molar-refractivity contribution in [1.29, 1.82) is 0 Å². The molecular formula is C13H11Cl2N3OS. The van der Waals surface area contributed by atoms with Crippen LogP contribution in [0.5, 0.6) is 0 Å². The second-order valence-corrected chi connectivity index (χ2v) is 5.73. The van der Waals surface area contributed by atoms with E-state index in [1.54, 1.807) is 24.3 Å². The Kier molecular flexibility index (Phi) is 5.11. The highest BCUT2D eigenvalue weighted by Gasteiger charge is 2.04. The first-order chi connectivity index (χ1) is 9.58. The molecule has 0 atom stereocenters. The highest BCUT2D eigenvalue weighted by atomic mass is 35.5. The molecule has 20 heavy (non-hydrogen) atoms. The Morgan fingerprint density at radius 2 is 2.15 bits per heavy atom. The van der Waals surface area contributed by atoms with Gasteiger partial charge in [0, 0.05) is 6.08 Å². The molecule has 104 valence electrons. The van der Waals surface area contributed by atoms with Gasteiger partial charge < -0.3 is 0 Å². The smallest absolute Gasteiger partial charge is 0.250 e. The van der Waals surface area contributed by atoms with E-state index >= 15 is 0 Å². The fourth-order valence-electron chi connectivity index (χ4n) is 1.38. The summed E-state index contributed by atoms with van der Waals surface area (Å²) in [6, 6.07) is 5.14. The number of benzene rings is 1. The van der Waals surface area contributed by atoms with Crippen molar-refractivity contribution in [2.24, 2.45) is 0 Å². The second kappa shape index (κ2) is 6.83. The van der Waals surface area contributed by atoms with E-state index in [1.165, 1.54) is 17.4 Å². The Hall–Kier alpha value is -1.43. The molecule has 0 bridgehead atoms. The van der Waals surface area contributed by atoms with E-state index in [0.29, 0.717) is 15.2 Å². The van der Waals surface area contributed by atoms with E-state index in [-0.39, 0.29) is 5.91 Å². The summed E-state index contributed by atoms with van der Waals surface area (Å²) < 4.78 is 0. The Morgan fingerprint density at radius 1 is 1.35 bits per heavy atom. The first-order valence-electron chi connectivity index (χ1n) is 5.85. The molecular weight excluding hydrogens is 317 g/mol. The van der Waals surface area contributed by atoms with Crippen LogP contribution in [0.2, 0.25) is 10.0 Å². The molecule has 0 radical (unpaired) electrons. The van der Waals surface area contributed by atoms with Crippen molar-refractivity contribution in [3.8, 4) is 0 Å². The van der Waals surface area contributed by atoms with Crippen LogP contribution in [0.3, 0.4) is 0 Å². The molecule has 1 heterocycles. The van der Waals surface area contributed by atoms with Crippen molar-refractivity contribution in [1.82, 2.24) is 10.2 Å². The monoisotopic (exact) mass is 327 g/mol. The molecule has 0 aliphatic rings. The molecule has 0 saturated carbocycles. The fourth-order valence-corrected chi connectivity index (χ4v) is 2.37. The van der Waals surface area contributed by atoms with Crippen LogP contribution in [0.25, 0.3) is 6.08 Å². The highest BCUT2D eigenvalue weighted by Crippen LogP contribution is 2.23. The number of halogens is 2. The molecule has 7 heteroatoms. The summed E-state index contributed by atoms with van der Waals surface area (Å²) in [5.74, 6) is -0.269. The average Bonchev–Trinajstić information content (AvgIpc) is 2.88. The number of aromatic nitrogens is 2. The van der Waals surface area contributed by atoms with E-state index in [4.69, 9.17) is 23.2 Å². The quantitative estimate of drug-likeness (QED) is 0.861. The van der Waals surface area contributed by atoms with Crippen LogP contribution >= 0.6 is 34.5 Å². The van der Waals surface area contributed by atoms with E-state index in [9.17, 15) is 4.79 Å². The molecule has 0 aliphatic carbocycles. The molecule has 1 N–H and O–H groups in total. The van der Waals surface area contributed by atoms with Crippen molar-refractivity contribution in [3.63, 3.8) is 0 Å². The number of aryl methyl sites for hydroxylation is 1. The number of carbonyl (C=O) groups excluding carboxylic acids is 1. The summed E-state index contributed by atoms with van der Waals surface area (Å²) in [6.07, 6.45) is 3.86. The van der Waals surface area contributed by atoms with Crippen LogP contribution in [0.15, 0.2) is 24.3 Å². The molecule has 1 aromatic heterocycles. The van der Waals surface area contributed by atoms with Gasteiger partial charge in [0.05, 0.1) is 10.0 Å². The van der Waals surface area contributed by atoms with Gasteiger partial charge in [0.25, 0.3) is 0 Å². The molecule has 2 rings (SSSR count). The minimum atomic E-state index is -0.269. The normalized spacial score (nSPS) is 10.9. The van der Waals surface area contributed by atoms with Gasteiger partial charge in [-0.3, -0.25) is 10.1 Å². The van der Waals surface area contributed by atoms with E-state index in [0.717, 1.165) is 17.0 Å². The lowest BCUT2D eigenvalue weighted by Crippen LogP contribution is -2.07. The van der Waals surface area contributed by atoms with Gasteiger partial charge in [-0.2, -0.15) is 0 Å². The fraction of sp³-hybridized carbons (Fsp3) is 0.154. The molecule has 1 amide bonds. The van der Waals surface area contributed by atoms with Crippen LogP contribution < -0.4 is 5.32 Å². The largest absolute Gasteiger partial charge is 0.297 e. The van der Waals surface area contributed by atoms with Gasteiger partial charge in [-0.1, -0.05) is 47.5 Å². The number of carbonyl (C=O) groups is 1. The third-order valence-electron chi connectivity index (χ3n) is 2.37. The van der Waals surface area contributed by atoms with Gasteiger partial charge in [0.1, 0.15) is 5.01 Å². The van der Waals surface area contributed by atoms with Crippen molar-refractivity contribution >= 4 is 51.7 Å². The zero-order valence-corrected chi connectivity index (χ0v) is 12.9. The van der Waals surface area contributed by atoms with Gasteiger partial charge in [-0.05, 0) is 30.2 Å². The molecule has 0 aliphatic heterocycles. The lowest BCUT2D eigenvalue weighted by Gasteiger charge is -1.98. The zero-order chi connectivity index (χ0) is 14.5. The van der Waals surface area contributed by atoms with E-state index in [1.807, 2.05) is 6.92 Å². The third kappa shape index (κ3) is 4.03. The number of amides is 1. The van der Waals surface area contributed by atoms with Crippen molar-refractivity contribution in [2.45, 2.75) is 13.3 Å². The van der Waals surface area contributed by atoms with Gasteiger partial charge >= 0.3 is 0 Å². The number of anilines is 1. The minimum Gasteiger partial charge on any atom is -0.297 e. The molecule has 4 nitrogen and oxygen atoms in total. The second-order valence-electron chi connectivity index (χ2n) is 3.85. The lowest BCUT2D eigenvalue weighted by molar-refractivity contribution is -0.111. The topological polar surface area (TPSA) is 54.9 Å². The first kappa shape index (κ1) is 15.0. The van der Waals surface area contributed by atoms with Gasteiger partial charge in [-0.25, -0.2) is 0 Å². The third-order valence-corrected chi connectivity index (χ3v) is 4.09. The summed E-state index contributed by atoms with van der Waals surface area (Å²) >= 11 is 13.1. The van der Waals surface area contributed by atoms with E-state index < -0.39 is 0 Å². The summed E-state index contributed by atoms with van der Waals surface area (Å²) in [5.41, 5.74) is 0.793. The molecule has 0 fully saturated rings. The number of hydrogen-bond donors (Lipinski definition) is 1. The number of hydrogen-bond acceptors (Lipinski definition) is 4. The molecule has 1 aromatic carbocycles. The Labute approximate surface area is 130 Å². The van der Waals surface area contributed by atoms with Crippen LogP contribution in [-0.2, 0) is 11.2 Å². The first-order valence-corrected chi connectivity index (χ1v) is 7.42. The minimum absolute atomic E-state index is 0.269. The average molecular weight is 328 g/mol. The zero-order valence-electron chi connectivity index (χ0n) is 10.6. The molecule has 0 saturated heterocycles. The SMILES string of the molecule is CCc1nnc(NC(=O)/C=C/c2ccc(Cl)c(Cl)c2)s1. The molecule has 2 aromatic rings. The van der Waals surface area contributed by atoms with Gasteiger partial charge in [0.2, 0.25) is 11.0 Å². The summed E-state index contributed by atoms with van der Waals surface area (Å²) in [6.45, 7) is 1.98. The predicted octanol–water partition coefficient (Wildman–Crippen LogP) is 4.06. The number of nitrogens with one attached hydrogen (secondary N) is 1. The maximum absolute atomic E-state index is 11.7. The van der Waals surface area contributed by atoms with E-state index in [2.05, 4.69) is 15.5 Å². The van der Waals surface area contributed by atoms with Crippen LogP contribution in [0.1, 0.15) is 17.5 Å². The van der Waals surface area contributed by atoms with Gasteiger partial charge in [-0.15, -0.1) is 10.2 Å². The van der Waals surface area contributed by atoms with Crippen molar-refractivity contribution in [3.05, 3.63) is 44.9 Å². The maximum atomic E-state index is 11.7. The van der Waals surface area contributed by atoms with Crippen molar-refractivity contribution < 1.29 is 4.79 Å². The Balaban J connectivity index is 1.99. The maximum Gasteiger partial charge on any atom is 0.250 e. The summed E-state index contributed by atoms with van der Waals surface area (Å²) in [5, 5.41) is 12.8. The summed E-state index contributed by atoms with van der Waals surface area (Å²) in [4.78, 5) is 11.7. The Morgan fingerprint density at radius 3 is 2.80 bits per heavy atom. The standard InChI is InChI=1S/C13H11Cl2N3OS/c1-2-12-17-18-13(20-12)16-11(19)6-4-8-3-5-9(14)10(15)7-8/h3-7H,2H2,1H3,(H,16,18,19)/b6-4+. The predicted molar refractivity (Wildman–Crippen MR) is 83.4 cm³/mol. The molecule has 0 unspecified atom stereocenters. The number of nitrogens with zero attached hydrogens (tertiary/aromatic N) is 2. The number of rotatable bonds is 4. The van der Waals surface area contributed by atoms with Crippen LogP contribution in [0.4, 0.5) is 5.13 Å². The molecule has 0 spiro atoms.